The quantitative estimate of drug-likeness (QED) is 0.660. The molecule has 27 heavy (non-hydrogen) atoms. The van der Waals surface area contributed by atoms with E-state index in [4.69, 9.17) is 21.4 Å². The minimum Gasteiger partial charge on any atom is -0.475 e. The molecular weight excluding hydrogens is 389 g/mol. The van der Waals surface area contributed by atoms with Gasteiger partial charge in [-0.05, 0) is 33.2 Å². The van der Waals surface area contributed by atoms with Crippen molar-refractivity contribution in [3.8, 4) is 5.88 Å². The molecule has 3 N–H and O–H groups in total. The Morgan fingerprint density at radius 1 is 1.33 bits per heavy atom. The number of piperidine rings is 1. The predicted molar refractivity (Wildman–Crippen MR) is 109 cm³/mol. The van der Waals surface area contributed by atoms with Crippen molar-refractivity contribution in [3.05, 3.63) is 16.9 Å². The summed E-state index contributed by atoms with van der Waals surface area (Å²) in [4.78, 5) is 8.82. The van der Waals surface area contributed by atoms with Crippen LogP contribution >= 0.6 is 24.0 Å². The fraction of sp³-hybridized carbons (Fsp3) is 0.588. The average molecular weight is 414 g/mol. The van der Waals surface area contributed by atoms with Crippen molar-refractivity contribution in [1.82, 2.24) is 25.1 Å². The fourth-order valence-electron chi connectivity index (χ4n) is 3.41. The summed E-state index contributed by atoms with van der Waals surface area (Å²) < 4.78 is 8.07. The van der Waals surface area contributed by atoms with Gasteiger partial charge in [0.25, 0.3) is 5.88 Å². The molecule has 4 rings (SSSR count). The first-order valence-electron chi connectivity index (χ1n) is 9.10. The Morgan fingerprint density at radius 3 is 2.96 bits per heavy atom. The maximum absolute atomic E-state index is 6.22. The van der Waals surface area contributed by atoms with Crippen LogP contribution in [0.25, 0.3) is 0 Å². The van der Waals surface area contributed by atoms with E-state index in [0.29, 0.717) is 35.3 Å². The maximum Gasteiger partial charge on any atom is 0.257 e. The van der Waals surface area contributed by atoms with Gasteiger partial charge in [0.2, 0.25) is 5.95 Å². The Kier molecular flexibility index (Phi) is 6.29. The third-order valence-corrected chi connectivity index (χ3v) is 5.16. The highest BCUT2D eigenvalue weighted by atomic mass is 35.5. The molecule has 1 saturated heterocycles. The number of halogens is 2. The molecule has 0 aromatic carbocycles. The van der Waals surface area contributed by atoms with Crippen molar-refractivity contribution in [2.24, 2.45) is 0 Å². The van der Waals surface area contributed by atoms with E-state index >= 15 is 0 Å². The van der Waals surface area contributed by atoms with Gasteiger partial charge in [-0.1, -0.05) is 11.6 Å². The number of nitrogens with zero attached hydrogens (tertiary/aromatic N) is 4. The van der Waals surface area contributed by atoms with Gasteiger partial charge in [-0.3, -0.25) is 4.68 Å². The summed E-state index contributed by atoms with van der Waals surface area (Å²) in [5.74, 6) is 1.70. The van der Waals surface area contributed by atoms with E-state index in [-0.39, 0.29) is 18.4 Å². The highest BCUT2D eigenvalue weighted by molar-refractivity contribution is 6.32. The van der Waals surface area contributed by atoms with Gasteiger partial charge in [-0.25, -0.2) is 4.98 Å². The van der Waals surface area contributed by atoms with E-state index in [2.05, 4.69) is 37.5 Å². The molecule has 8 nitrogen and oxygen atoms in total. The lowest BCUT2D eigenvalue weighted by Gasteiger charge is -2.24. The number of anilines is 3. The topological polar surface area (TPSA) is 88.9 Å². The van der Waals surface area contributed by atoms with E-state index in [0.717, 1.165) is 43.7 Å². The summed E-state index contributed by atoms with van der Waals surface area (Å²) in [6.07, 6.45) is 4.67. The number of hydrogen-bond donors (Lipinski definition) is 3. The molecule has 4 heterocycles. The number of ether oxygens (including phenoxy) is 1. The molecule has 0 amide bonds. The van der Waals surface area contributed by atoms with Gasteiger partial charge in [0, 0.05) is 19.0 Å². The van der Waals surface area contributed by atoms with Gasteiger partial charge in [0.1, 0.15) is 10.7 Å². The SMILES string of the molecule is Cc1c2c(nn1C1CCCNC1)OCC[C@@H](C)Nc1nc(ncc1Cl)N2.Cl. The van der Waals surface area contributed by atoms with Crippen molar-refractivity contribution in [1.29, 1.82) is 0 Å². The number of fused-ring (bicyclic) bond motifs is 3. The molecule has 2 bridgehead atoms. The van der Waals surface area contributed by atoms with Gasteiger partial charge in [-0.2, -0.15) is 4.98 Å². The Bertz CT molecular complexity index is 792. The zero-order chi connectivity index (χ0) is 18.1. The van der Waals surface area contributed by atoms with E-state index < -0.39 is 0 Å². The van der Waals surface area contributed by atoms with E-state index in [9.17, 15) is 0 Å². The lowest BCUT2D eigenvalue weighted by molar-refractivity contribution is 0.280. The van der Waals surface area contributed by atoms with Crippen molar-refractivity contribution < 1.29 is 4.74 Å². The van der Waals surface area contributed by atoms with Gasteiger partial charge >= 0.3 is 0 Å². The molecule has 1 unspecified atom stereocenters. The number of hydrogen-bond acceptors (Lipinski definition) is 7. The van der Waals surface area contributed by atoms with Crippen LogP contribution in [-0.2, 0) is 0 Å². The van der Waals surface area contributed by atoms with Gasteiger partial charge in [-0.15, -0.1) is 17.5 Å². The maximum atomic E-state index is 6.22. The zero-order valence-corrected chi connectivity index (χ0v) is 17.0. The molecular formula is C17H25Cl2N7O. The molecule has 2 atom stereocenters. The predicted octanol–water partition coefficient (Wildman–Crippen LogP) is 3.31. The van der Waals surface area contributed by atoms with Gasteiger partial charge in [0.05, 0.1) is 24.5 Å². The third-order valence-electron chi connectivity index (χ3n) is 4.89. The van der Waals surface area contributed by atoms with Crippen LogP contribution in [0.2, 0.25) is 5.02 Å². The Labute approximate surface area is 169 Å². The standard InChI is InChI=1S/C17H24ClN7O.ClH/c1-10-5-7-26-16-14(22-17-20-9-13(18)15(21-10)23-17)11(2)25(24-16)12-4-3-6-19-8-12;/h9-10,12,19H,3-8H2,1-2H3,(H2,20,21,22,23);1H/t10-,12?;/m1./s1. The summed E-state index contributed by atoms with van der Waals surface area (Å²) in [6.45, 7) is 6.67. The molecule has 148 valence electrons. The summed E-state index contributed by atoms with van der Waals surface area (Å²) in [5.41, 5.74) is 1.84. The minimum atomic E-state index is 0. The molecule has 2 aliphatic rings. The van der Waals surface area contributed by atoms with Crippen molar-refractivity contribution >= 4 is 41.5 Å². The molecule has 0 radical (unpaired) electrons. The first kappa shape index (κ1) is 20.0. The lowest BCUT2D eigenvalue weighted by atomic mass is 10.1. The van der Waals surface area contributed by atoms with Crippen LogP contribution in [0.3, 0.4) is 0 Å². The highest BCUT2D eigenvalue weighted by Gasteiger charge is 2.24. The molecule has 0 aliphatic carbocycles. The number of aromatic nitrogens is 4. The van der Waals surface area contributed by atoms with E-state index in [1.807, 2.05) is 6.92 Å². The normalized spacial score (nSPS) is 22.2. The molecule has 2 aromatic heterocycles. The van der Waals surface area contributed by atoms with Crippen LogP contribution in [0.1, 0.15) is 37.9 Å². The van der Waals surface area contributed by atoms with Crippen LogP contribution < -0.4 is 20.7 Å². The second-order valence-electron chi connectivity index (χ2n) is 6.91. The molecule has 2 aliphatic heterocycles. The second kappa shape index (κ2) is 8.50. The van der Waals surface area contributed by atoms with Crippen LogP contribution in [0, 0.1) is 6.92 Å². The number of nitrogens with one attached hydrogen (secondary N) is 3. The van der Waals surface area contributed by atoms with Crippen LogP contribution in [-0.4, -0.2) is 45.5 Å². The first-order chi connectivity index (χ1) is 12.6. The lowest BCUT2D eigenvalue weighted by Crippen LogP contribution is -2.32. The van der Waals surface area contributed by atoms with Crippen LogP contribution in [0.5, 0.6) is 5.88 Å². The Balaban J connectivity index is 0.00000210. The summed E-state index contributed by atoms with van der Waals surface area (Å²) >= 11 is 6.22. The van der Waals surface area contributed by atoms with Gasteiger partial charge in [0.15, 0.2) is 5.82 Å². The van der Waals surface area contributed by atoms with Gasteiger partial charge < -0.3 is 20.7 Å². The number of rotatable bonds is 1. The average Bonchev–Trinajstić information content (AvgIpc) is 2.93. The largest absolute Gasteiger partial charge is 0.475 e. The minimum absolute atomic E-state index is 0. The Hall–Kier alpha value is -1.77. The molecule has 10 heteroatoms. The summed E-state index contributed by atoms with van der Waals surface area (Å²) in [5, 5.41) is 15.3. The fourth-order valence-corrected chi connectivity index (χ4v) is 3.56. The van der Waals surface area contributed by atoms with E-state index in [1.54, 1.807) is 6.20 Å². The molecule has 0 spiro atoms. The molecule has 0 saturated carbocycles. The van der Waals surface area contributed by atoms with E-state index in [1.165, 1.54) is 0 Å². The third kappa shape index (κ3) is 4.23. The molecule has 1 fully saturated rings. The monoisotopic (exact) mass is 413 g/mol. The van der Waals surface area contributed by atoms with Crippen LogP contribution in [0.4, 0.5) is 17.5 Å². The van der Waals surface area contributed by atoms with Crippen LogP contribution in [0.15, 0.2) is 6.20 Å². The second-order valence-corrected chi connectivity index (χ2v) is 7.32. The molecule has 2 aromatic rings. The Morgan fingerprint density at radius 2 is 2.19 bits per heavy atom. The van der Waals surface area contributed by atoms with Crippen molar-refractivity contribution in [2.45, 2.75) is 45.2 Å². The zero-order valence-electron chi connectivity index (χ0n) is 15.5. The summed E-state index contributed by atoms with van der Waals surface area (Å²) in [6, 6.07) is 0.499. The van der Waals surface area contributed by atoms with Crippen molar-refractivity contribution in [3.63, 3.8) is 0 Å². The first-order valence-corrected chi connectivity index (χ1v) is 9.48. The highest BCUT2D eigenvalue weighted by Crippen LogP contribution is 2.34. The summed E-state index contributed by atoms with van der Waals surface area (Å²) in [7, 11) is 0. The van der Waals surface area contributed by atoms with Crippen molar-refractivity contribution in [2.75, 3.05) is 30.3 Å². The smallest absolute Gasteiger partial charge is 0.257 e.